The van der Waals surface area contributed by atoms with E-state index in [0.717, 1.165) is 42.9 Å². The molecule has 1 aliphatic carbocycles. The Hall–Kier alpha value is -2.40. The van der Waals surface area contributed by atoms with E-state index in [1.807, 2.05) is 28.9 Å². The van der Waals surface area contributed by atoms with Gasteiger partial charge in [-0.15, -0.1) is 5.10 Å². The lowest BCUT2D eigenvalue weighted by Gasteiger charge is -2.38. The van der Waals surface area contributed by atoms with Crippen LogP contribution in [-0.2, 0) is 5.54 Å². The van der Waals surface area contributed by atoms with Gasteiger partial charge in [0.1, 0.15) is 0 Å². The molecule has 26 heavy (non-hydrogen) atoms. The Bertz CT molecular complexity index is 881. The fourth-order valence-corrected chi connectivity index (χ4v) is 3.90. The number of hydrogen-bond acceptors (Lipinski definition) is 4. The SMILES string of the molecule is Cc1ccccc1NC1(c2nnnn2-c2ccc(Cl)cc2)CCCCC1. The van der Waals surface area contributed by atoms with Crippen LogP contribution in [0.4, 0.5) is 5.69 Å². The summed E-state index contributed by atoms with van der Waals surface area (Å²) in [6.45, 7) is 2.13. The average Bonchev–Trinajstić information content (AvgIpc) is 3.16. The van der Waals surface area contributed by atoms with Gasteiger partial charge in [-0.1, -0.05) is 49.1 Å². The summed E-state index contributed by atoms with van der Waals surface area (Å²) < 4.78 is 1.84. The van der Waals surface area contributed by atoms with Crippen molar-refractivity contribution in [3.8, 4) is 5.69 Å². The minimum Gasteiger partial charge on any atom is -0.372 e. The summed E-state index contributed by atoms with van der Waals surface area (Å²) in [6, 6.07) is 16.0. The third-order valence-electron chi connectivity index (χ3n) is 5.19. The summed E-state index contributed by atoms with van der Waals surface area (Å²) in [4.78, 5) is 0. The molecule has 5 nitrogen and oxygen atoms in total. The van der Waals surface area contributed by atoms with E-state index < -0.39 is 0 Å². The number of rotatable bonds is 4. The highest BCUT2D eigenvalue weighted by atomic mass is 35.5. The standard InChI is InChI=1S/C20H22ClN5/c1-15-7-3-4-8-18(15)22-20(13-5-2-6-14-20)19-23-24-25-26(19)17-11-9-16(21)10-12-17/h3-4,7-12,22H,2,5-6,13-14H2,1H3. The van der Waals surface area contributed by atoms with Crippen LogP contribution in [0.5, 0.6) is 0 Å². The number of nitrogens with one attached hydrogen (secondary N) is 1. The second-order valence-corrected chi connectivity index (χ2v) is 7.41. The second kappa shape index (κ2) is 7.08. The molecule has 1 aliphatic rings. The third-order valence-corrected chi connectivity index (χ3v) is 5.45. The first-order valence-electron chi connectivity index (χ1n) is 9.07. The van der Waals surface area contributed by atoms with Crippen LogP contribution in [0.3, 0.4) is 0 Å². The Balaban J connectivity index is 1.77. The molecule has 0 radical (unpaired) electrons. The molecule has 0 spiro atoms. The molecular weight excluding hydrogens is 346 g/mol. The van der Waals surface area contributed by atoms with Gasteiger partial charge >= 0.3 is 0 Å². The summed E-state index contributed by atoms with van der Waals surface area (Å²) >= 11 is 6.04. The van der Waals surface area contributed by atoms with Gasteiger partial charge in [-0.2, -0.15) is 4.68 Å². The van der Waals surface area contributed by atoms with Crippen molar-refractivity contribution in [3.63, 3.8) is 0 Å². The quantitative estimate of drug-likeness (QED) is 0.712. The zero-order chi connectivity index (χ0) is 18.0. The monoisotopic (exact) mass is 367 g/mol. The fraction of sp³-hybridized carbons (Fsp3) is 0.350. The number of hydrogen-bond donors (Lipinski definition) is 1. The molecule has 4 rings (SSSR count). The normalized spacial score (nSPS) is 16.4. The molecule has 2 aromatic carbocycles. The topological polar surface area (TPSA) is 55.6 Å². The molecule has 0 unspecified atom stereocenters. The molecule has 0 atom stereocenters. The number of aryl methyl sites for hydroxylation is 1. The lowest BCUT2D eigenvalue weighted by atomic mass is 9.80. The predicted octanol–water partition coefficient (Wildman–Crippen LogP) is 4.90. The molecule has 0 saturated heterocycles. The van der Waals surface area contributed by atoms with Gasteiger partial charge in [0.25, 0.3) is 0 Å². The summed E-state index contributed by atoms with van der Waals surface area (Å²) in [7, 11) is 0. The van der Waals surface area contributed by atoms with Gasteiger partial charge in [-0.25, -0.2) is 0 Å². The van der Waals surface area contributed by atoms with Crippen molar-refractivity contribution in [2.75, 3.05) is 5.32 Å². The second-order valence-electron chi connectivity index (χ2n) is 6.97. The number of anilines is 1. The molecule has 1 saturated carbocycles. The summed E-state index contributed by atoms with van der Waals surface area (Å²) in [6.07, 6.45) is 5.59. The third kappa shape index (κ3) is 3.19. The van der Waals surface area contributed by atoms with Crippen LogP contribution in [0.1, 0.15) is 43.5 Å². The Morgan fingerprint density at radius 3 is 2.46 bits per heavy atom. The maximum absolute atomic E-state index is 6.04. The maximum Gasteiger partial charge on any atom is 0.181 e. The smallest absolute Gasteiger partial charge is 0.181 e. The van der Waals surface area contributed by atoms with Gasteiger partial charge < -0.3 is 5.32 Å². The Morgan fingerprint density at radius 1 is 1.00 bits per heavy atom. The summed E-state index contributed by atoms with van der Waals surface area (Å²) in [5.41, 5.74) is 3.02. The number of para-hydroxylation sites is 1. The first-order chi connectivity index (χ1) is 12.7. The largest absolute Gasteiger partial charge is 0.372 e. The van der Waals surface area contributed by atoms with Gasteiger partial charge in [-0.05, 0) is 66.1 Å². The predicted molar refractivity (Wildman–Crippen MR) is 104 cm³/mol. The van der Waals surface area contributed by atoms with Crippen molar-refractivity contribution < 1.29 is 0 Å². The molecule has 1 fully saturated rings. The fourth-order valence-electron chi connectivity index (χ4n) is 3.77. The van der Waals surface area contributed by atoms with E-state index in [-0.39, 0.29) is 5.54 Å². The molecule has 1 heterocycles. The van der Waals surface area contributed by atoms with E-state index in [4.69, 9.17) is 11.6 Å². The van der Waals surface area contributed by atoms with Crippen LogP contribution in [0.15, 0.2) is 48.5 Å². The minimum atomic E-state index is -0.270. The van der Waals surface area contributed by atoms with Crippen LogP contribution in [0, 0.1) is 6.92 Å². The average molecular weight is 368 g/mol. The van der Waals surface area contributed by atoms with Crippen molar-refractivity contribution in [2.24, 2.45) is 0 Å². The van der Waals surface area contributed by atoms with Crippen molar-refractivity contribution in [1.29, 1.82) is 0 Å². The van der Waals surface area contributed by atoms with E-state index in [0.29, 0.717) is 5.02 Å². The molecule has 0 bridgehead atoms. The zero-order valence-corrected chi connectivity index (χ0v) is 15.6. The van der Waals surface area contributed by atoms with Crippen molar-refractivity contribution in [1.82, 2.24) is 20.2 Å². The Labute approximate surface area is 158 Å². The van der Waals surface area contributed by atoms with Gasteiger partial charge in [0.2, 0.25) is 0 Å². The van der Waals surface area contributed by atoms with Crippen molar-refractivity contribution in [2.45, 2.75) is 44.6 Å². The highest BCUT2D eigenvalue weighted by Gasteiger charge is 2.39. The first kappa shape index (κ1) is 17.0. The molecule has 0 aliphatic heterocycles. The highest BCUT2D eigenvalue weighted by Crippen LogP contribution is 2.40. The molecule has 1 N–H and O–H groups in total. The zero-order valence-electron chi connectivity index (χ0n) is 14.8. The minimum absolute atomic E-state index is 0.270. The number of aromatic nitrogens is 4. The molecule has 1 aromatic heterocycles. The van der Waals surface area contributed by atoms with E-state index in [1.54, 1.807) is 0 Å². The van der Waals surface area contributed by atoms with Gasteiger partial charge in [0, 0.05) is 10.7 Å². The Kier molecular flexibility index (Phi) is 4.64. The molecule has 6 heteroatoms. The van der Waals surface area contributed by atoms with Crippen LogP contribution in [0.25, 0.3) is 5.69 Å². The maximum atomic E-state index is 6.04. The molecule has 3 aromatic rings. The summed E-state index contributed by atoms with van der Waals surface area (Å²) in [5.74, 6) is 0.864. The summed E-state index contributed by atoms with van der Waals surface area (Å²) in [5, 5.41) is 17.2. The highest BCUT2D eigenvalue weighted by molar-refractivity contribution is 6.30. The number of halogens is 1. The first-order valence-corrected chi connectivity index (χ1v) is 9.44. The van der Waals surface area contributed by atoms with E-state index in [1.165, 1.54) is 12.0 Å². The van der Waals surface area contributed by atoms with Crippen molar-refractivity contribution in [3.05, 3.63) is 64.9 Å². The van der Waals surface area contributed by atoms with Crippen molar-refractivity contribution >= 4 is 17.3 Å². The van der Waals surface area contributed by atoms with Gasteiger partial charge in [0.05, 0.1) is 11.2 Å². The van der Waals surface area contributed by atoms with Crippen LogP contribution in [-0.4, -0.2) is 20.2 Å². The molecule has 0 amide bonds. The van der Waals surface area contributed by atoms with Gasteiger partial charge in [0.15, 0.2) is 5.82 Å². The van der Waals surface area contributed by atoms with Crippen LogP contribution >= 0.6 is 11.6 Å². The molecular formula is C20H22ClN5. The van der Waals surface area contributed by atoms with Crippen LogP contribution in [0.2, 0.25) is 5.02 Å². The lowest BCUT2D eigenvalue weighted by molar-refractivity contribution is 0.309. The van der Waals surface area contributed by atoms with Crippen LogP contribution < -0.4 is 5.32 Å². The van der Waals surface area contributed by atoms with E-state index >= 15 is 0 Å². The number of nitrogens with zero attached hydrogens (tertiary/aromatic N) is 4. The molecule has 134 valence electrons. The number of benzene rings is 2. The lowest BCUT2D eigenvalue weighted by Crippen LogP contribution is -2.40. The van der Waals surface area contributed by atoms with E-state index in [9.17, 15) is 0 Å². The van der Waals surface area contributed by atoms with Gasteiger partial charge in [-0.3, -0.25) is 0 Å². The van der Waals surface area contributed by atoms with E-state index in [2.05, 4.69) is 52.0 Å². The Morgan fingerprint density at radius 2 is 1.73 bits per heavy atom. The number of tetrazole rings is 1.